The van der Waals surface area contributed by atoms with Crippen molar-refractivity contribution < 1.29 is 14.3 Å². The van der Waals surface area contributed by atoms with Crippen molar-refractivity contribution in [2.45, 2.75) is 32.6 Å². The van der Waals surface area contributed by atoms with Gasteiger partial charge in [0.25, 0.3) is 0 Å². The molecule has 0 N–H and O–H groups in total. The first-order valence-corrected chi connectivity index (χ1v) is 6.50. The first-order chi connectivity index (χ1) is 9.13. The molecule has 0 radical (unpaired) electrons. The van der Waals surface area contributed by atoms with E-state index in [-0.39, 0.29) is 24.1 Å². The summed E-state index contributed by atoms with van der Waals surface area (Å²) in [6, 6.07) is 9.81. The highest BCUT2D eigenvalue weighted by molar-refractivity contribution is 5.77. The molecule has 0 aliphatic rings. The van der Waals surface area contributed by atoms with Crippen LogP contribution in [0.5, 0.6) is 0 Å². The molecule has 1 unspecified atom stereocenters. The number of hydrogen-bond donors (Lipinski definition) is 0. The van der Waals surface area contributed by atoms with Crippen LogP contribution < -0.4 is 0 Å². The van der Waals surface area contributed by atoms with Crippen molar-refractivity contribution in [2.75, 3.05) is 6.61 Å². The second kappa shape index (κ2) is 8.25. The van der Waals surface area contributed by atoms with Gasteiger partial charge in [0.15, 0.2) is 0 Å². The zero-order valence-electron chi connectivity index (χ0n) is 11.5. The van der Waals surface area contributed by atoms with Gasteiger partial charge in [-0.25, -0.2) is 0 Å². The summed E-state index contributed by atoms with van der Waals surface area (Å²) >= 11 is 0. The number of ether oxygens (including phenoxy) is 1. The summed E-state index contributed by atoms with van der Waals surface area (Å²) in [6.07, 6.45) is 4.38. The van der Waals surface area contributed by atoms with Crippen LogP contribution in [0.1, 0.15) is 38.2 Å². The van der Waals surface area contributed by atoms with E-state index >= 15 is 0 Å². The van der Waals surface area contributed by atoms with Gasteiger partial charge >= 0.3 is 5.97 Å². The van der Waals surface area contributed by atoms with Crippen LogP contribution in [0, 0.1) is 0 Å². The molecular formula is C16H20O3. The maximum atomic E-state index is 11.3. The molecular weight excluding hydrogens is 240 g/mol. The predicted octanol–water partition coefficient (Wildman–Crippen LogP) is 3.26. The standard InChI is InChI=1S/C16H20O3/c1-3-19-16(18)11-7-10-15(12-13(2)17)14-8-5-4-6-9-14/h4-10,15H,3,11-12H2,1-2H3/b10-7+. The first-order valence-electron chi connectivity index (χ1n) is 6.50. The molecule has 0 bridgehead atoms. The predicted molar refractivity (Wildman–Crippen MR) is 74.9 cm³/mol. The van der Waals surface area contributed by atoms with Gasteiger partial charge in [0.05, 0.1) is 13.0 Å². The Kier molecular flexibility index (Phi) is 6.58. The van der Waals surface area contributed by atoms with Gasteiger partial charge in [0.2, 0.25) is 0 Å². The number of carbonyl (C=O) groups is 2. The minimum absolute atomic E-state index is 0.0214. The fourth-order valence-electron chi connectivity index (χ4n) is 1.86. The van der Waals surface area contributed by atoms with Crippen molar-refractivity contribution in [2.24, 2.45) is 0 Å². The molecule has 1 aromatic carbocycles. The third kappa shape index (κ3) is 6.00. The summed E-state index contributed by atoms with van der Waals surface area (Å²) in [7, 11) is 0. The smallest absolute Gasteiger partial charge is 0.309 e. The largest absolute Gasteiger partial charge is 0.466 e. The van der Waals surface area contributed by atoms with Crippen molar-refractivity contribution in [1.29, 1.82) is 0 Å². The average Bonchev–Trinajstić information content (AvgIpc) is 2.38. The van der Waals surface area contributed by atoms with Crippen LogP contribution in [0.4, 0.5) is 0 Å². The lowest BCUT2D eigenvalue weighted by Crippen LogP contribution is -2.04. The van der Waals surface area contributed by atoms with E-state index in [9.17, 15) is 9.59 Å². The molecule has 19 heavy (non-hydrogen) atoms. The lowest BCUT2D eigenvalue weighted by Gasteiger charge is -2.11. The number of Topliss-reactive ketones (excluding diaryl/α,β-unsaturated/α-hetero) is 1. The molecule has 3 heteroatoms. The van der Waals surface area contributed by atoms with Crippen molar-refractivity contribution in [3.05, 3.63) is 48.0 Å². The quantitative estimate of drug-likeness (QED) is 0.558. The molecule has 1 rings (SSSR count). The summed E-state index contributed by atoms with van der Waals surface area (Å²) in [6.45, 7) is 3.75. The minimum atomic E-state index is -0.242. The molecule has 0 amide bonds. The summed E-state index contributed by atoms with van der Waals surface area (Å²) in [4.78, 5) is 22.5. The highest BCUT2D eigenvalue weighted by Crippen LogP contribution is 2.21. The topological polar surface area (TPSA) is 43.4 Å². The molecule has 1 atom stereocenters. The number of ketones is 1. The van der Waals surface area contributed by atoms with Crippen LogP contribution in [-0.4, -0.2) is 18.4 Å². The van der Waals surface area contributed by atoms with Gasteiger partial charge in [-0.3, -0.25) is 9.59 Å². The number of carbonyl (C=O) groups excluding carboxylic acids is 2. The molecule has 1 aromatic rings. The monoisotopic (exact) mass is 260 g/mol. The zero-order valence-corrected chi connectivity index (χ0v) is 11.5. The fourth-order valence-corrected chi connectivity index (χ4v) is 1.86. The molecule has 102 valence electrons. The van der Waals surface area contributed by atoms with Gasteiger partial charge < -0.3 is 4.74 Å². The SMILES string of the molecule is CCOC(=O)C/C=C/C(CC(C)=O)c1ccccc1. The van der Waals surface area contributed by atoms with Crippen LogP contribution in [0.2, 0.25) is 0 Å². The van der Waals surface area contributed by atoms with Crippen LogP contribution in [0.3, 0.4) is 0 Å². The van der Waals surface area contributed by atoms with Gasteiger partial charge in [-0.15, -0.1) is 0 Å². The summed E-state index contributed by atoms with van der Waals surface area (Å²) in [5, 5.41) is 0. The maximum absolute atomic E-state index is 11.3. The van der Waals surface area contributed by atoms with Gasteiger partial charge in [-0.2, -0.15) is 0 Å². The molecule has 0 spiro atoms. The van der Waals surface area contributed by atoms with Crippen LogP contribution in [0.15, 0.2) is 42.5 Å². The van der Waals surface area contributed by atoms with E-state index in [2.05, 4.69) is 0 Å². The number of rotatable bonds is 7. The molecule has 0 aliphatic carbocycles. The van der Waals surface area contributed by atoms with E-state index in [0.717, 1.165) is 5.56 Å². The minimum Gasteiger partial charge on any atom is -0.466 e. The summed E-state index contributed by atoms with van der Waals surface area (Å²) in [5.41, 5.74) is 1.08. The summed E-state index contributed by atoms with van der Waals surface area (Å²) < 4.78 is 4.85. The molecule has 0 fully saturated rings. The Labute approximate surface area is 114 Å². The fraction of sp³-hybridized carbons (Fsp3) is 0.375. The number of hydrogen-bond acceptors (Lipinski definition) is 3. The highest BCUT2D eigenvalue weighted by Gasteiger charge is 2.10. The molecule has 0 saturated heterocycles. The second-order valence-corrected chi connectivity index (χ2v) is 4.36. The number of benzene rings is 1. The lowest BCUT2D eigenvalue weighted by atomic mass is 9.93. The van der Waals surface area contributed by atoms with Gasteiger partial charge in [-0.05, 0) is 19.4 Å². The van der Waals surface area contributed by atoms with Crippen LogP contribution in [-0.2, 0) is 14.3 Å². The number of esters is 1. The van der Waals surface area contributed by atoms with Crippen molar-refractivity contribution in [3.63, 3.8) is 0 Å². The molecule has 0 saturated carbocycles. The van der Waals surface area contributed by atoms with E-state index in [0.29, 0.717) is 13.0 Å². The Morgan fingerprint density at radius 2 is 1.95 bits per heavy atom. The Bertz CT molecular complexity index is 435. The summed E-state index contributed by atoms with van der Waals surface area (Å²) in [5.74, 6) is -0.0869. The van der Waals surface area contributed by atoms with E-state index in [1.807, 2.05) is 36.4 Å². The Balaban J connectivity index is 2.68. The van der Waals surface area contributed by atoms with E-state index in [1.165, 1.54) is 0 Å². The zero-order chi connectivity index (χ0) is 14.1. The Morgan fingerprint density at radius 3 is 2.53 bits per heavy atom. The maximum Gasteiger partial charge on any atom is 0.309 e. The van der Waals surface area contributed by atoms with Gasteiger partial charge in [0.1, 0.15) is 5.78 Å². The first kappa shape index (κ1) is 15.2. The van der Waals surface area contributed by atoms with Gasteiger partial charge in [0, 0.05) is 12.3 Å². The van der Waals surface area contributed by atoms with E-state index in [1.54, 1.807) is 19.9 Å². The third-order valence-electron chi connectivity index (χ3n) is 2.69. The third-order valence-corrected chi connectivity index (χ3v) is 2.69. The van der Waals surface area contributed by atoms with Gasteiger partial charge in [-0.1, -0.05) is 42.5 Å². The Morgan fingerprint density at radius 1 is 1.26 bits per heavy atom. The van der Waals surface area contributed by atoms with Crippen molar-refractivity contribution in [1.82, 2.24) is 0 Å². The number of allylic oxidation sites excluding steroid dienone is 1. The molecule has 3 nitrogen and oxygen atoms in total. The average molecular weight is 260 g/mol. The highest BCUT2D eigenvalue weighted by atomic mass is 16.5. The van der Waals surface area contributed by atoms with Crippen LogP contribution >= 0.6 is 0 Å². The van der Waals surface area contributed by atoms with E-state index in [4.69, 9.17) is 4.74 Å². The molecule has 0 aromatic heterocycles. The lowest BCUT2D eigenvalue weighted by molar-refractivity contribution is -0.142. The van der Waals surface area contributed by atoms with Crippen molar-refractivity contribution in [3.8, 4) is 0 Å². The van der Waals surface area contributed by atoms with E-state index < -0.39 is 0 Å². The second-order valence-electron chi connectivity index (χ2n) is 4.36. The normalized spacial score (nSPS) is 12.3. The van der Waals surface area contributed by atoms with Crippen LogP contribution in [0.25, 0.3) is 0 Å². The van der Waals surface area contributed by atoms with Crippen molar-refractivity contribution >= 4 is 11.8 Å². The molecule has 0 aliphatic heterocycles. The molecule has 0 heterocycles. The Hall–Kier alpha value is -1.90.